The number of fused-ring (bicyclic) bond motifs is 1. The lowest BCUT2D eigenvalue weighted by molar-refractivity contribution is 0.771. The van der Waals surface area contributed by atoms with Crippen LogP contribution in [0.5, 0.6) is 0 Å². The summed E-state index contributed by atoms with van der Waals surface area (Å²) in [5.74, 6) is 0.722. The molecule has 0 radical (unpaired) electrons. The second-order valence-corrected chi connectivity index (χ2v) is 6.55. The van der Waals surface area contributed by atoms with Crippen LogP contribution in [0.1, 0.15) is 30.0 Å². The molecule has 1 aromatic heterocycles. The van der Waals surface area contributed by atoms with Crippen molar-refractivity contribution in [2.24, 2.45) is 0 Å². The Bertz CT molecular complexity index is 815. The summed E-state index contributed by atoms with van der Waals surface area (Å²) in [7, 11) is 0. The molecule has 0 aliphatic heterocycles. The molecule has 4 rings (SSSR count). The number of rotatable bonds is 3. The number of para-hydroxylation sites is 1. The van der Waals surface area contributed by atoms with Crippen LogP contribution in [-0.2, 0) is 6.54 Å². The third-order valence-electron chi connectivity index (χ3n) is 4.16. The summed E-state index contributed by atoms with van der Waals surface area (Å²) < 4.78 is 2.42. The Kier molecular flexibility index (Phi) is 3.20. The van der Waals surface area contributed by atoms with Gasteiger partial charge in [0.1, 0.15) is 0 Å². The smallest absolute Gasteiger partial charge is 0.0595 e. The molecule has 0 N–H and O–H groups in total. The van der Waals surface area contributed by atoms with Crippen LogP contribution in [0.3, 0.4) is 0 Å². The van der Waals surface area contributed by atoms with Crippen molar-refractivity contribution in [1.29, 1.82) is 0 Å². The van der Waals surface area contributed by atoms with Gasteiger partial charge >= 0.3 is 0 Å². The predicted octanol–water partition coefficient (Wildman–Crippen LogP) is 5.87. The van der Waals surface area contributed by atoms with Crippen LogP contribution in [-0.4, -0.2) is 4.57 Å². The van der Waals surface area contributed by atoms with Gasteiger partial charge in [-0.3, -0.25) is 0 Å². The number of halogens is 2. The van der Waals surface area contributed by atoms with Crippen molar-refractivity contribution in [3.05, 3.63) is 69.8 Å². The minimum atomic E-state index is 0.611. The van der Waals surface area contributed by atoms with Crippen LogP contribution in [0.4, 0.5) is 0 Å². The summed E-state index contributed by atoms with van der Waals surface area (Å²) in [6.45, 7) is 0.843. The zero-order valence-electron chi connectivity index (χ0n) is 11.5. The Morgan fingerprint density at radius 2 is 1.76 bits per heavy atom. The van der Waals surface area contributed by atoms with Crippen molar-refractivity contribution < 1.29 is 0 Å². The molecule has 21 heavy (non-hydrogen) atoms. The molecule has 0 spiro atoms. The van der Waals surface area contributed by atoms with Crippen molar-refractivity contribution in [3.8, 4) is 0 Å². The van der Waals surface area contributed by atoms with E-state index in [-0.39, 0.29) is 0 Å². The molecule has 3 heteroatoms. The summed E-state index contributed by atoms with van der Waals surface area (Å²) in [5.41, 5.74) is 3.93. The van der Waals surface area contributed by atoms with Gasteiger partial charge in [0, 0.05) is 17.8 Å². The predicted molar refractivity (Wildman–Crippen MR) is 89.5 cm³/mol. The average Bonchev–Trinajstić information content (AvgIpc) is 3.27. The van der Waals surface area contributed by atoms with Gasteiger partial charge in [-0.15, -0.1) is 0 Å². The largest absolute Gasteiger partial charge is 0.340 e. The van der Waals surface area contributed by atoms with Crippen molar-refractivity contribution in [1.82, 2.24) is 4.57 Å². The maximum absolute atomic E-state index is 6.15. The van der Waals surface area contributed by atoms with Gasteiger partial charge in [0.15, 0.2) is 0 Å². The highest BCUT2D eigenvalue weighted by Crippen LogP contribution is 2.42. The molecule has 0 amide bonds. The van der Waals surface area contributed by atoms with Gasteiger partial charge in [0.05, 0.1) is 10.0 Å². The fourth-order valence-electron chi connectivity index (χ4n) is 2.95. The van der Waals surface area contributed by atoms with Crippen molar-refractivity contribution in [3.63, 3.8) is 0 Å². The lowest BCUT2D eigenvalue weighted by atomic mass is 10.2. The molecule has 1 saturated carbocycles. The summed E-state index contributed by atoms with van der Waals surface area (Å²) in [4.78, 5) is 0. The Morgan fingerprint density at radius 3 is 2.52 bits per heavy atom. The maximum atomic E-state index is 6.15. The SMILES string of the molecule is Clc1ccc(Cn2c(C3CC3)cc3ccccc32)cc1Cl. The van der Waals surface area contributed by atoms with Gasteiger partial charge in [-0.1, -0.05) is 47.5 Å². The normalized spacial score (nSPS) is 14.8. The fourth-order valence-corrected chi connectivity index (χ4v) is 3.27. The topological polar surface area (TPSA) is 4.93 Å². The van der Waals surface area contributed by atoms with E-state index in [1.165, 1.54) is 35.0 Å². The number of hydrogen-bond donors (Lipinski definition) is 0. The first-order valence-electron chi connectivity index (χ1n) is 7.24. The second kappa shape index (κ2) is 5.08. The molecule has 1 aliphatic carbocycles. The molecule has 1 aliphatic rings. The van der Waals surface area contributed by atoms with Crippen molar-refractivity contribution >= 4 is 34.1 Å². The van der Waals surface area contributed by atoms with Gasteiger partial charge < -0.3 is 4.57 Å². The Labute approximate surface area is 134 Å². The monoisotopic (exact) mass is 315 g/mol. The van der Waals surface area contributed by atoms with Crippen LogP contribution in [0.2, 0.25) is 10.0 Å². The Hall–Kier alpha value is -1.44. The molecule has 106 valence electrons. The molecule has 0 atom stereocenters. The zero-order valence-corrected chi connectivity index (χ0v) is 13.0. The van der Waals surface area contributed by atoms with Crippen LogP contribution in [0.15, 0.2) is 48.5 Å². The highest BCUT2D eigenvalue weighted by molar-refractivity contribution is 6.42. The minimum Gasteiger partial charge on any atom is -0.340 e. The van der Waals surface area contributed by atoms with Gasteiger partial charge in [0.2, 0.25) is 0 Å². The third kappa shape index (κ3) is 2.45. The number of hydrogen-bond acceptors (Lipinski definition) is 0. The van der Waals surface area contributed by atoms with Crippen LogP contribution >= 0.6 is 23.2 Å². The lowest BCUT2D eigenvalue weighted by Gasteiger charge is -2.11. The maximum Gasteiger partial charge on any atom is 0.0595 e. The molecular weight excluding hydrogens is 301 g/mol. The van der Waals surface area contributed by atoms with Crippen LogP contribution in [0, 0.1) is 0 Å². The molecular formula is C18H15Cl2N. The zero-order chi connectivity index (χ0) is 14.4. The van der Waals surface area contributed by atoms with Crippen LogP contribution < -0.4 is 0 Å². The summed E-state index contributed by atoms with van der Waals surface area (Å²) in [5, 5.41) is 2.55. The quantitative estimate of drug-likeness (QED) is 0.569. The highest BCUT2D eigenvalue weighted by atomic mass is 35.5. The van der Waals surface area contributed by atoms with Crippen LogP contribution in [0.25, 0.3) is 10.9 Å². The summed E-state index contributed by atoms with van der Waals surface area (Å²) in [6.07, 6.45) is 2.61. The first-order valence-corrected chi connectivity index (χ1v) is 8.00. The first-order chi connectivity index (χ1) is 10.2. The van der Waals surface area contributed by atoms with Crippen molar-refractivity contribution in [2.45, 2.75) is 25.3 Å². The van der Waals surface area contributed by atoms with Gasteiger partial charge in [-0.25, -0.2) is 0 Å². The summed E-state index contributed by atoms with van der Waals surface area (Å²) in [6, 6.07) is 16.8. The third-order valence-corrected chi connectivity index (χ3v) is 4.90. The van der Waals surface area contributed by atoms with Crippen molar-refractivity contribution in [2.75, 3.05) is 0 Å². The second-order valence-electron chi connectivity index (χ2n) is 5.74. The van der Waals surface area contributed by atoms with E-state index in [0.29, 0.717) is 10.0 Å². The van der Waals surface area contributed by atoms with E-state index in [9.17, 15) is 0 Å². The van der Waals surface area contributed by atoms with E-state index in [1.54, 1.807) is 0 Å². The minimum absolute atomic E-state index is 0.611. The lowest BCUT2D eigenvalue weighted by Crippen LogP contribution is -2.03. The van der Waals surface area contributed by atoms with E-state index >= 15 is 0 Å². The van der Waals surface area contributed by atoms with Gasteiger partial charge in [-0.05, 0) is 54.0 Å². The van der Waals surface area contributed by atoms with Gasteiger partial charge in [-0.2, -0.15) is 0 Å². The first kappa shape index (κ1) is 13.2. The van der Waals surface area contributed by atoms with E-state index < -0.39 is 0 Å². The highest BCUT2D eigenvalue weighted by Gasteiger charge is 2.27. The molecule has 0 unspecified atom stereocenters. The molecule has 0 bridgehead atoms. The van der Waals surface area contributed by atoms with E-state index in [1.807, 2.05) is 12.1 Å². The standard InChI is InChI=1S/C18H15Cl2N/c19-15-8-5-12(9-16(15)20)11-21-17-4-2-1-3-14(17)10-18(21)13-6-7-13/h1-5,8-10,13H,6-7,11H2. The van der Waals surface area contributed by atoms with Gasteiger partial charge in [0.25, 0.3) is 0 Å². The molecule has 0 saturated heterocycles. The molecule has 2 aromatic carbocycles. The molecule has 1 heterocycles. The van der Waals surface area contributed by atoms with E-state index in [0.717, 1.165) is 12.5 Å². The molecule has 3 aromatic rings. The Morgan fingerprint density at radius 1 is 0.952 bits per heavy atom. The number of aromatic nitrogens is 1. The molecule has 1 fully saturated rings. The van der Waals surface area contributed by atoms with E-state index in [4.69, 9.17) is 23.2 Å². The fraction of sp³-hybridized carbons (Fsp3) is 0.222. The Balaban J connectivity index is 1.81. The summed E-state index contributed by atoms with van der Waals surface area (Å²) >= 11 is 12.2. The molecule has 1 nitrogen and oxygen atoms in total. The number of nitrogens with zero attached hydrogens (tertiary/aromatic N) is 1. The number of benzene rings is 2. The van der Waals surface area contributed by atoms with E-state index in [2.05, 4.69) is 41.0 Å². The average molecular weight is 316 g/mol.